The smallest absolute Gasteiger partial charge is 0.369 e. The summed E-state index contributed by atoms with van der Waals surface area (Å²) in [6.07, 6.45) is -4.65. The molecule has 3 N–H and O–H groups in total. The quantitative estimate of drug-likeness (QED) is 0.286. The van der Waals surface area contributed by atoms with E-state index in [-0.39, 0.29) is 48.6 Å². The molecule has 1 saturated carbocycles. The number of nitrogens with one attached hydrogen (secondary N) is 2. The molecule has 10 nitrogen and oxygen atoms in total. The van der Waals surface area contributed by atoms with Crippen molar-refractivity contribution >= 4 is 17.5 Å². The van der Waals surface area contributed by atoms with Gasteiger partial charge in [-0.3, -0.25) is 9.59 Å². The van der Waals surface area contributed by atoms with Crippen molar-refractivity contribution in [3.8, 4) is 0 Å². The lowest BCUT2D eigenvalue weighted by Crippen LogP contribution is -2.38. The summed E-state index contributed by atoms with van der Waals surface area (Å²) in [4.78, 5) is 37.3. The molecule has 0 radical (unpaired) electrons. The van der Waals surface area contributed by atoms with E-state index < -0.39 is 49.0 Å². The summed E-state index contributed by atoms with van der Waals surface area (Å²) in [7, 11) is 0. The Balaban J connectivity index is 1.56. The Hall–Kier alpha value is -3.75. The molecule has 3 aromatic heterocycles. The summed E-state index contributed by atoms with van der Waals surface area (Å²) in [5.74, 6) is -4.86. The second-order valence-corrected chi connectivity index (χ2v) is 9.51. The lowest BCUT2D eigenvalue weighted by molar-refractivity contribution is -0.145. The molecule has 1 aliphatic rings. The lowest BCUT2D eigenvalue weighted by atomic mass is 9.81. The van der Waals surface area contributed by atoms with Gasteiger partial charge in [-0.1, -0.05) is 0 Å². The molecule has 4 rings (SSSR count). The molecule has 1 aliphatic carbocycles. The van der Waals surface area contributed by atoms with Crippen molar-refractivity contribution in [1.29, 1.82) is 0 Å². The Morgan fingerprint density at radius 3 is 2.59 bits per heavy atom. The minimum absolute atomic E-state index is 0.0612. The highest BCUT2D eigenvalue weighted by Gasteiger charge is 2.39. The third-order valence-electron chi connectivity index (χ3n) is 6.45. The highest BCUT2D eigenvalue weighted by molar-refractivity contribution is 5.90. The van der Waals surface area contributed by atoms with Gasteiger partial charge >= 0.3 is 6.18 Å². The van der Waals surface area contributed by atoms with Gasteiger partial charge in [0.2, 0.25) is 17.7 Å². The lowest BCUT2D eigenvalue weighted by Gasteiger charge is -2.33. The van der Waals surface area contributed by atoms with Gasteiger partial charge in [0.15, 0.2) is 11.9 Å². The fourth-order valence-corrected chi connectivity index (χ4v) is 4.37. The first-order valence-electron chi connectivity index (χ1n) is 12.2. The summed E-state index contributed by atoms with van der Waals surface area (Å²) >= 11 is 0. The van der Waals surface area contributed by atoms with Crippen molar-refractivity contribution in [1.82, 2.24) is 35.2 Å². The number of imidazole rings is 1. The van der Waals surface area contributed by atoms with Gasteiger partial charge in [-0.05, 0) is 37.8 Å². The van der Waals surface area contributed by atoms with Crippen molar-refractivity contribution < 1.29 is 36.6 Å². The minimum atomic E-state index is -4.51. The average molecular weight is 556 g/mol. The van der Waals surface area contributed by atoms with E-state index in [0.29, 0.717) is 11.4 Å². The number of nitrogens with zero attached hydrogens (tertiary/aromatic N) is 5. The van der Waals surface area contributed by atoms with Crippen LogP contribution < -0.4 is 10.6 Å². The topological polar surface area (TPSA) is 134 Å². The molecule has 2 atom stereocenters. The molecule has 0 saturated heterocycles. The van der Waals surface area contributed by atoms with Crippen LogP contribution in [0.1, 0.15) is 78.4 Å². The Bertz CT molecular complexity index is 1340. The Morgan fingerprint density at radius 2 is 1.92 bits per heavy atom. The van der Waals surface area contributed by atoms with Crippen LogP contribution in [0.15, 0.2) is 30.7 Å². The van der Waals surface area contributed by atoms with Gasteiger partial charge in [-0.2, -0.15) is 18.3 Å². The molecule has 2 amide bonds. The highest BCUT2D eigenvalue weighted by Crippen LogP contribution is 2.41. The number of aliphatic hydroxyl groups excluding tert-OH is 1. The van der Waals surface area contributed by atoms with Crippen molar-refractivity contribution in [3.63, 3.8) is 0 Å². The molecule has 3 aromatic rings. The third-order valence-corrected chi connectivity index (χ3v) is 6.45. The van der Waals surface area contributed by atoms with Crippen LogP contribution >= 0.6 is 0 Å². The number of alkyl halides is 5. The van der Waals surface area contributed by atoms with Crippen molar-refractivity contribution in [3.05, 3.63) is 53.5 Å². The number of fused-ring (bicyclic) bond motifs is 1. The molecular formula is C24H26F5N7O3. The number of carbonyl (C=O) groups is 2. The van der Waals surface area contributed by atoms with Crippen molar-refractivity contribution in [2.45, 2.75) is 69.8 Å². The molecular weight excluding hydrogens is 529 g/mol. The normalized spacial score (nSPS) is 17.5. The summed E-state index contributed by atoms with van der Waals surface area (Å²) in [5, 5.41) is 19.3. The second kappa shape index (κ2) is 11.2. The Labute approximate surface area is 219 Å². The van der Waals surface area contributed by atoms with E-state index in [4.69, 9.17) is 0 Å². The minimum Gasteiger partial charge on any atom is -0.369 e. The van der Waals surface area contributed by atoms with E-state index >= 15 is 0 Å². The number of aromatic nitrogens is 5. The largest absolute Gasteiger partial charge is 0.389 e. The van der Waals surface area contributed by atoms with Crippen molar-refractivity contribution in [2.24, 2.45) is 5.92 Å². The maximum atomic E-state index is 13.9. The van der Waals surface area contributed by atoms with Crippen LogP contribution in [0.2, 0.25) is 0 Å². The SMILES string of the molecule is Cc1ccnc(C(=O)N[C@H](c2cn3ncc([C@@H](O)NC(=O)CCC(F)(F)F)cc3n2)C2CCC(F)(F)CC2)n1. The summed E-state index contributed by atoms with van der Waals surface area (Å²) in [6.45, 7) is 1.69. The predicted octanol–water partition coefficient (Wildman–Crippen LogP) is 3.57. The van der Waals surface area contributed by atoms with E-state index in [0.717, 1.165) is 0 Å². The van der Waals surface area contributed by atoms with Crippen LogP contribution in [-0.4, -0.2) is 53.6 Å². The molecule has 1 fully saturated rings. The molecule has 0 aromatic carbocycles. The molecule has 0 bridgehead atoms. The number of hydrogen-bond donors (Lipinski definition) is 3. The summed E-state index contributed by atoms with van der Waals surface area (Å²) in [6, 6.07) is 2.20. The van der Waals surface area contributed by atoms with E-state index in [1.807, 2.05) is 0 Å². The van der Waals surface area contributed by atoms with Crippen molar-refractivity contribution in [2.75, 3.05) is 0 Å². The van der Waals surface area contributed by atoms with E-state index in [1.54, 1.807) is 13.0 Å². The maximum Gasteiger partial charge on any atom is 0.389 e. The zero-order valence-electron chi connectivity index (χ0n) is 20.8. The molecule has 0 spiro atoms. The Morgan fingerprint density at radius 1 is 1.21 bits per heavy atom. The first-order valence-corrected chi connectivity index (χ1v) is 12.2. The average Bonchev–Trinajstić information content (AvgIpc) is 3.29. The number of aliphatic hydroxyl groups is 1. The van der Waals surface area contributed by atoms with Crippen LogP contribution in [0.25, 0.3) is 5.65 Å². The molecule has 39 heavy (non-hydrogen) atoms. The first kappa shape index (κ1) is 28.3. The monoisotopic (exact) mass is 555 g/mol. The van der Waals surface area contributed by atoms with Gasteiger partial charge in [0.1, 0.15) is 0 Å². The summed E-state index contributed by atoms with van der Waals surface area (Å²) in [5.41, 5.74) is 1.14. The maximum absolute atomic E-state index is 13.9. The number of rotatable bonds is 8. The first-order chi connectivity index (χ1) is 18.3. The van der Waals surface area contributed by atoms with Crippen LogP contribution in [-0.2, 0) is 4.79 Å². The van der Waals surface area contributed by atoms with Gasteiger partial charge in [-0.25, -0.2) is 28.2 Å². The van der Waals surface area contributed by atoms with Gasteiger partial charge in [-0.15, -0.1) is 0 Å². The van der Waals surface area contributed by atoms with Crippen LogP contribution in [0.4, 0.5) is 22.0 Å². The third kappa shape index (κ3) is 7.43. The van der Waals surface area contributed by atoms with Crippen LogP contribution in [0.3, 0.4) is 0 Å². The van der Waals surface area contributed by atoms with Gasteiger partial charge in [0, 0.05) is 36.7 Å². The molecule has 3 heterocycles. The summed E-state index contributed by atoms with van der Waals surface area (Å²) < 4.78 is 66.1. The van der Waals surface area contributed by atoms with Gasteiger partial charge in [0.05, 0.1) is 30.6 Å². The van der Waals surface area contributed by atoms with E-state index in [1.165, 1.54) is 29.2 Å². The number of aryl methyl sites for hydroxylation is 1. The van der Waals surface area contributed by atoms with E-state index in [9.17, 15) is 36.6 Å². The predicted molar refractivity (Wildman–Crippen MR) is 125 cm³/mol. The second-order valence-electron chi connectivity index (χ2n) is 9.51. The molecule has 15 heteroatoms. The fourth-order valence-electron chi connectivity index (χ4n) is 4.37. The van der Waals surface area contributed by atoms with Crippen LogP contribution in [0, 0.1) is 12.8 Å². The van der Waals surface area contributed by atoms with Gasteiger partial charge in [0.25, 0.3) is 5.91 Å². The van der Waals surface area contributed by atoms with E-state index in [2.05, 4.69) is 30.7 Å². The number of carbonyl (C=O) groups excluding carboxylic acids is 2. The standard InChI is InChI=1S/C24H26F5N7O3/c1-13-5-9-30-20(32-13)22(39)35-19(14-2-6-23(25,26)7-3-14)16-12-36-17(33-16)10-15(11-31-36)21(38)34-18(37)4-8-24(27,28)29/h5,9-12,14,19,21,38H,2-4,6-8H2,1H3,(H,34,37)(H,35,39)/t19-,21+/m0/s1. The zero-order valence-corrected chi connectivity index (χ0v) is 20.8. The number of halogens is 5. The van der Waals surface area contributed by atoms with Crippen LogP contribution in [0.5, 0.6) is 0 Å². The molecule has 210 valence electrons. The number of amides is 2. The molecule has 0 unspecified atom stereocenters. The Kier molecular flexibility index (Phi) is 8.09. The number of hydrogen-bond acceptors (Lipinski definition) is 7. The molecule has 0 aliphatic heterocycles. The zero-order chi connectivity index (χ0) is 28.4. The highest BCUT2D eigenvalue weighted by atomic mass is 19.4. The van der Waals surface area contributed by atoms with Gasteiger partial charge < -0.3 is 15.7 Å². The fraction of sp³-hybridized carbons (Fsp3) is 0.500.